The summed E-state index contributed by atoms with van der Waals surface area (Å²) in [7, 11) is 5.24. The van der Waals surface area contributed by atoms with E-state index in [1.54, 1.807) is 14.2 Å². The minimum atomic E-state index is 0.00276. The first-order valence-corrected chi connectivity index (χ1v) is 8.31. The van der Waals surface area contributed by atoms with Gasteiger partial charge in [-0.3, -0.25) is 4.79 Å². The fourth-order valence-corrected chi connectivity index (χ4v) is 2.93. The molecule has 0 aliphatic carbocycles. The Morgan fingerprint density at radius 3 is 2.24 bits per heavy atom. The predicted octanol–water partition coefficient (Wildman–Crippen LogP) is 1.97. The molecule has 0 saturated heterocycles. The maximum Gasteiger partial charge on any atom is 0.279 e. The highest BCUT2D eigenvalue weighted by Gasteiger charge is 2.13. The Labute approximate surface area is 149 Å². The highest BCUT2D eigenvalue weighted by Crippen LogP contribution is 2.27. The van der Waals surface area contributed by atoms with Crippen LogP contribution in [-0.4, -0.2) is 33.7 Å². The monoisotopic (exact) mass is 343 g/mol. The van der Waals surface area contributed by atoms with Crippen LogP contribution in [0.25, 0.3) is 0 Å². The highest BCUT2D eigenvalue weighted by molar-refractivity contribution is 5.91. The fourth-order valence-electron chi connectivity index (χ4n) is 2.93. The Hall–Kier alpha value is -2.53. The van der Waals surface area contributed by atoms with Gasteiger partial charge in [-0.05, 0) is 55.3 Å². The number of anilines is 1. The summed E-state index contributed by atoms with van der Waals surface area (Å²) in [5, 5.41) is 2.98. The van der Waals surface area contributed by atoms with Crippen molar-refractivity contribution in [3.63, 3.8) is 0 Å². The van der Waals surface area contributed by atoms with E-state index in [1.807, 2.05) is 51.2 Å². The van der Waals surface area contributed by atoms with Gasteiger partial charge in [0.15, 0.2) is 18.0 Å². The molecule has 0 aliphatic rings. The van der Waals surface area contributed by atoms with E-state index in [-0.39, 0.29) is 5.91 Å². The largest absolute Gasteiger partial charge is 0.493 e. The quantitative estimate of drug-likeness (QED) is 0.808. The second-order valence-corrected chi connectivity index (χ2v) is 6.42. The zero-order chi connectivity index (χ0) is 18.4. The first kappa shape index (κ1) is 18.8. The minimum absolute atomic E-state index is 0.00276. The van der Waals surface area contributed by atoms with E-state index >= 15 is 0 Å². The average Bonchev–Trinajstić information content (AvgIpc) is 2.53. The van der Waals surface area contributed by atoms with E-state index in [0.717, 1.165) is 33.8 Å². The normalized spacial score (nSPS) is 11.7. The smallest absolute Gasteiger partial charge is 0.279 e. The van der Waals surface area contributed by atoms with Gasteiger partial charge in [-0.1, -0.05) is 6.07 Å². The van der Waals surface area contributed by atoms with Crippen LogP contribution < -0.4 is 19.7 Å². The number of quaternary nitrogens is 1. The molecule has 2 aromatic carbocycles. The van der Waals surface area contributed by atoms with Crippen molar-refractivity contribution in [3.05, 3.63) is 53.1 Å². The number of rotatable bonds is 7. The Kier molecular flexibility index (Phi) is 6.42. The molecule has 0 radical (unpaired) electrons. The van der Waals surface area contributed by atoms with Crippen molar-refractivity contribution in [2.24, 2.45) is 0 Å². The number of aryl methyl sites for hydroxylation is 2. The Morgan fingerprint density at radius 1 is 1.00 bits per heavy atom. The van der Waals surface area contributed by atoms with Crippen molar-refractivity contribution in [2.75, 3.05) is 33.1 Å². The van der Waals surface area contributed by atoms with Crippen LogP contribution in [0.15, 0.2) is 36.4 Å². The Morgan fingerprint density at radius 2 is 1.64 bits per heavy atom. The van der Waals surface area contributed by atoms with Gasteiger partial charge in [0.1, 0.15) is 6.54 Å². The molecule has 1 amide bonds. The minimum Gasteiger partial charge on any atom is -0.493 e. The van der Waals surface area contributed by atoms with Gasteiger partial charge in [0, 0.05) is 11.3 Å². The van der Waals surface area contributed by atoms with Gasteiger partial charge in [-0.2, -0.15) is 0 Å². The van der Waals surface area contributed by atoms with Crippen molar-refractivity contribution in [1.82, 2.24) is 0 Å². The summed E-state index contributed by atoms with van der Waals surface area (Å²) in [6, 6.07) is 11.9. The summed E-state index contributed by atoms with van der Waals surface area (Å²) >= 11 is 0. The van der Waals surface area contributed by atoms with Crippen molar-refractivity contribution in [3.8, 4) is 11.5 Å². The summed E-state index contributed by atoms with van der Waals surface area (Å²) in [4.78, 5) is 13.4. The molecule has 0 aliphatic heterocycles. The van der Waals surface area contributed by atoms with E-state index < -0.39 is 0 Å². The highest BCUT2D eigenvalue weighted by atomic mass is 16.5. The summed E-state index contributed by atoms with van der Waals surface area (Å²) in [6.45, 7) is 5.16. The fraction of sp³-hybridized carbons (Fsp3) is 0.350. The van der Waals surface area contributed by atoms with Crippen molar-refractivity contribution < 1.29 is 19.2 Å². The molecule has 134 valence electrons. The van der Waals surface area contributed by atoms with Crippen molar-refractivity contribution in [2.45, 2.75) is 20.4 Å². The molecule has 0 aromatic heterocycles. The van der Waals surface area contributed by atoms with Crippen LogP contribution in [-0.2, 0) is 11.3 Å². The van der Waals surface area contributed by atoms with Gasteiger partial charge in [0.05, 0.1) is 21.3 Å². The third-order valence-corrected chi connectivity index (χ3v) is 3.92. The van der Waals surface area contributed by atoms with Crippen LogP contribution in [0.2, 0.25) is 0 Å². The van der Waals surface area contributed by atoms with Gasteiger partial charge in [-0.25, -0.2) is 0 Å². The zero-order valence-electron chi connectivity index (χ0n) is 15.6. The predicted molar refractivity (Wildman–Crippen MR) is 99.5 cm³/mol. The van der Waals surface area contributed by atoms with Gasteiger partial charge in [0.25, 0.3) is 5.91 Å². The lowest BCUT2D eigenvalue weighted by atomic mass is 10.1. The second-order valence-electron chi connectivity index (χ2n) is 6.42. The van der Waals surface area contributed by atoms with E-state index in [1.165, 1.54) is 0 Å². The van der Waals surface area contributed by atoms with Crippen LogP contribution in [0.1, 0.15) is 16.7 Å². The molecule has 0 spiro atoms. The maximum atomic E-state index is 12.3. The summed E-state index contributed by atoms with van der Waals surface area (Å²) in [6.07, 6.45) is 0. The molecule has 0 heterocycles. The molecule has 2 N–H and O–H groups in total. The van der Waals surface area contributed by atoms with E-state index in [2.05, 4.69) is 11.4 Å². The molecule has 25 heavy (non-hydrogen) atoms. The number of nitrogens with one attached hydrogen (secondary N) is 2. The van der Waals surface area contributed by atoms with Crippen LogP contribution in [0.5, 0.6) is 11.5 Å². The molecule has 2 rings (SSSR count). The van der Waals surface area contributed by atoms with Gasteiger partial charge >= 0.3 is 0 Å². The third kappa shape index (κ3) is 5.50. The number of hydrogen-bond acceptors (Lipinski definition) is 3. The van der Waals surface area contributed by atoms with Crippen LogP contribution in [0, 0.1) is 13.8 Å². The average molecular weight is 343 g/mol. The lowest BCUT2D eigenvalue weighted by Gasteiger charge is -2.15. The number of carbonyl (C=O) groups is 1. The topological polar surface area (TPSA) is 52.0 Å². The molecule has 5 nitrogen and oxygen atoms in total. The molecule has 0 bridgehead atoms. The van der Waals surface area contributed by atoms with E-state index in [9.17, 15) is 4.79 Å². The summed E-state index contributed by atoms with van der Waals surface area (Å²) in [5.41, 5.74) is 4.22. The summed E-state index contributed by atoms with van der Waals surface area (Å²) in [5.74, 6) is 1.41. The molecule has 0 saturated carbocycles. The second kappa shape index (κ2) is 8.53. The van der Waals surface area contributed by atoms with Gasteiger partial charge < -0.3 is 19.7 Å². The van der Waals surface area contributed by atoms with Crippen molar-refractivity contribution >= 4 is 11.6 Å². The number of methoxy groups -OCH3 is 2. The van der Waals surface area contributed by atoms with Crippen LogP contribution in [0.4, 0.5) is 5.69 Å². The first-order valence-electron chi connectivity index (χ1n) is 8.31. The first-order chi connectivity index (χ1) is 11.9. The number of ether oxygens (including phenoxy) is 2. The number of benzene rings is 2. The molecule has 2 aromatic rings. The standard InChI is InChI=1S/C20H26N2O3/c1-14-8-15(2)10-17(9-14)21-20(23)13-22(3)12-16-6-7-18(24-4)19(11-16)25-5/h6-11H,12-13H2,1-5H3,(H,21,23)/p+1. The molecular formula is C20H27N2O3+. The molecule has 1 unspecified atom stereocenters. The number of amides is 1. The Bertz CT molecular complexity index is 723. The van der Waals surface area contributed by atoms with Gasteiger partial charge in [0.2, 0.25) is 0 Å². The number of hydrogen-bond donors (Lipinski definition) is 2. The lowest BCUT2D eigenvalue weighted by Crippen LogP contribution is -3.08. The maximum absolute atomic E-state index is 12.3. The summed E-state index contributed by atoms with van der Waals surface area (Å²) < 4.78 is 10.6. The molecule has 5 heteroatoms. The zero-order valence-corrected chi connectivity index (χ0v) is 15.6. The van der Waals surface area contributed by atoms with Gasteiger partial charge in [-0.15, -0.1) is 0 Å². The van der Waals surface area contributed by atoms with E-state index in [4.69, 9.17) is 9.47 Å². The molecular weight excluding hydrogens is 316 g/mol. The van der Waals surface area contributed by atoms with Crippen LogP contribution in [0.3, 0.4) is 0 Å². The van der Waals surface area contributed by atoms with E-state index in [0.29, 0.717) is 18.0 Å². The molecule has 0 fully saturated rings. The number of carbonyl (C=O) groups excluding carboxylic acids is 1. The Balaban J connectivity index is 1.95. The lowest BCUT2D eigenvalue weighted by molar-refractivity contribution is -0.885. The third-order valence-electron chi connectivity index (χ3n) is 3.92. The van der Waals surface area contributed by atoms with Crippen molar-refractivity contribution in [1.29, 1.82) is 0 Å². The number of likely N-dealkylation sites (N-methyl/N-ethyl adjacent to an activating group) is 1. The van der Waals surface area contributed by atoms with Crippen LogP contribution >= 0.6 is 0 Å². The molecule has 1 atom stereocenters. The SMILES string of the molecule is COc1ccc(C[NH+](C)CC(=O)Nc2cc(C)cc(C)c2)cc1OC.